The number of esters is 1. The van der Waals surface area contributed by atoms with Crippen molar-refractivity contribution in [2.24, 2.45) is 0 Å². The van der Waals surface area contributed by atoms with E-state index in [1.165, 1.54) is 6.92 Å². The predicted octanol–water partition coefficient (Wildman–Crippen LogP) is 3.83. The van der Waals surface area contributed by atoms with Crippen molar-refractivity contribution >= 4 is 5.97 Å². The lowest BCUT2D eigenvalue weighted by molar-refractivity contribution is -0.146. The van der Waals surface area contributed by atoms with E-state index in [0.717, 1.165) is 0 Å². The monoisotopic (exact) mass is 300 g/mol. The van der Waals surface area contributed by atoms with E-state index in [4.69, 9.17) is 0 Å². The fraction of sp³-hybridized carbons (Fsp3) is 0.417. The molecule has 0 unspecified atom stereocenters. The molecule has 0 aliphatic rings. The Morgan fingerprint density at radius 3 is 1.85 bits per heavy atom. The van der Waals surface area contributed by atoms with Crippen molar-refractivity contribution in [2.45, 2.75) is 25.7 Å². The molecule has 0 aliphatic carbocycles. The van der Waals surface area contributed by atoms with E-state index in [9.17, 15) is 31.1 Å². The number of halogens is 6. The highest BCUT2D eigenvalue weighted by Crippen LogP contribution is 2.39. The van der Waals surface area contributed by atoms with Crippen LogP contribution in [0.1, 0.15) is 23.6 Å². The van der Waals surface area contributed by atoms with Gasteiger partial charge < -0.3 is 4.74 Å². The van der Waals surface area contributed by atoms with Gasteiger partial charge in [-0.15, -0.1) is 0 Å². The van der Waals surface area contributed by atoms with Gasteiger partial charge in [0.25, 0.3) is 0 Å². The highest BCUT2D eigenvalue weighted by molar-refractivity contribution is 5.74. The summed E-state index contributed by atoms with van der Waals surface area (Å²) in [4.78, 5) is 11.2. The maximum atomic E-state index is 12.7. The minimum atomic E-state index is -4.98. The van der Waals surface area contributed by atoms with Crippen molar-refractivity contribution in [1.29, 1.82) is 0 Å². The SMILES string of the molecule is CCOC(=O)Cc1c(C(F)(F)F)cccc1C(F)(F)F. The lowest BCUT2D eigenvalue weighted by Gasteiger charge is -2.18. The summed E-state index contributed by atoms with van der Waals surface area (Å²) in [6.45, 7) is 1.27. The van der Waals surface area contributed by atoms with Crippen LogP contribution in [0.4, 0.5) is 26.3 Å². The zero-order chi connectivity index (χ0) is 15.6. The predicted molar refractivity (Wildman–Crippen MR) is 56.8 cm³/mol. The van der Waals surface area contributed by atoms with Crippen LogP contribution in [0.15, 0.2) is 18.2 Å². The smallest absolute Gasteiger partial charge is 0.416 e. The fourth-order valence-electron chi connectivity index (χ4n) is 1.66. The van der Waals surface area contributed by atoms with Gasteiger partial charge in [0.2, 0.25) is 0 Å². The summed E-state index contributed by atoms with van der Waals surface area (Å²) in [5.74, 6) is -1.14. The zero-order valence-corrected chi connectivity index (χ0v) is 10.2. The van der Waals surface area contributed by atoms with E-state index in [-0.39, 0.29) is 6.61 Å². The second kappa shape index (κ2) is 5.72. The molecule has 20 heavy (non-hydrogen) atoms. The normalized spacial score (nSPS) is 12.3. The van der Waals surface area contributed by atoms with E-state index in [0.29, 0.717) is 18.2 Å². The van der Waals surface area contributed by atoms with Gasteiger partial charge >= 0.3 is 18.3 Å². The third kappa shape index (κ3) is 3.88. The van der Waals surface area contributed by atoms with Crippen molar-refractivity contribution in [3.05, 3.63) is 34.9 Å². The topological polar surface area (TPSA) is 26.3 Å². The van der Waals surface area contributed by atoms with E-state index in [1.54, 1.807) is 0 Å². The quantitative estimate of drug-likeness (QED) is 0.626. The van der Waals surface area contributed by atoms with Gasteiger partial charge in [-0.25, -0.2) is 0 Å². The second-order valence-electron chi connectivity index (χ2n) is 3.81. The summed E-state index contributed by atoms with van der Waals surface area (Å²) in [5.41, 5.74) is -4.09. The van der Waals surface area contributed by atoms with Gasteiger partial charge in [0.05, 0.1) is 24.2 Å². The van der Waals surface area contributed by atoms with E-state index in [1.807, 2.05) is 0 Å². The number of ether oxygens (including phenoxy) is 1. The van der Waals surface area contributed by atoms with Crippen molar-refractivity contribution in [1.82, 2.24) is 0 Å². The molecule has 1 aromatic carbocycles. The summed E-state index contributed by atoms with van der Waals surface area (Å²) < 4.78 is 80.8. The largest absolute Gasteiger partial charge is 0.466 e. The number of rotatable bonds is 3. The van der Waals surface area contributed by atoms with Crippen LogP contribution in [-0.4, -0.2) is 12.6 Å². The molecule has 8 heteroatoms. The Hall–Kier alpha value is -1.73. The molecule has 0 fully saturated rings. The van der Waals surface area contributed by atoms with Crippen LogP contribution in [-0.2, 0) is 28.3 Å². The fourth-order valence-corrected chi connectivity index (χ4v) is 1.66. The molecule has 2 nitrogen and oxygen atoms in total. The van der Waals surface area contributed by atoms with Gasteiger partial charge in [0, 0.05) is 0 Å². The third-order valence-corrected chi connectivity index (χ3v) is 2.41. The van der Waals surface area contributed by atoms with Crippen molar-refractivity contribution in [3.63, 3.8) is 0 Å². The zero-order valence-electron chi connectivity index (χ0n) is 10.2. The Balaban J connectivity index is 3.37. The van der Waals surface area contributed by atoms with Crippen molar-refractivity contribution in [2.75, 3.05) is 6.61 Å². The van der Waals surface area contributed by atoms with Crippen LogP contribution in [0.2, 0.25) is 0 Å². The highest BCUT2D eigenvalue weighted by Gasteiger charge is 2.40. The van der Waals surface area contributed by atoms with Crippen LogP contribution >= 0.6 is 0 Å². The lowest BCUT2D eigenvalue weighted by Crippen LogP contribution is -2.20. The first kappa shape index (κ1) is 16.3. The van der Waals surface area contributed by atoms with Crippen molar-refractivity contribution in [3.8, 4) is 0 Å². The van der Waals surface area contributed by atoms with Crippen LogP contribution in [0.25, 0.3) is 0 Å². The molecule has 0 N–H and O–H groups in total. The molecule has 0 radical (unpaired) electrons. The molecule has 0 spiro atoms. The van der Waals surface area contributed by atoms with Crippen LogP contribution in [0.3, 0.4) is 0 Å². The molecule has 0 amide bonds. The minimum Gasteiger partial charge on any atom is -0.466 e. The first-order chi connectivity index (χ1) is 9.07. The average Bonchev–Trinajstić information content (AvgIpc) is 2.26. The van der Waals surface area contributed by atoms with E-state index < -0.39 is 41.4 Å². The van der Waals surface area contributed by atoms with Gasteiger partial charge in [0.1, 0.15) is 0 Å². The van der Waals surface area contributed by atoms with Crippen LogP contribution < -0.4 is 0 Å². The number of hydrogen-bond donors (Lipinski definition) is 0. The second-order valence-corrected chi connectivity index (χ2v) is 3.81. The summed E-state index contributed by atoms with van der Waals surface area (Å²) >= 11 is 0. The molecule has 1 aromatic rings. The number of hydrogen-bond acceptors (Lipinski definition) is 2. The first-order valence-electron chi connectivity index (χ1n) is 5.49. The standard InChI is InChI=1S/C12H10F6O2/c1-2-20-10(19)6-7-8(11(13,14)15)4-3-5-9(7)12(16,17)18/h3-5H,2,6H2,1H3. The molecule has 0 aromatic heterocycles. The molecular formula is C12H10F6O2. The van der Waals surface area contributed by atoms with Crippen LogP contribution in [0.5, 0.6) is 0 Å². The lowest BCUT2D eigenvalue weighted by atomic mass is 9.97. The molecule has 0 heterocycles. The Bertz CT molecular complexity index is 457. The Labute approximate surface area is 110 Å². The van der Waals surface area contributed by atoms with Gasteiger partial charge in [-0.1, -0.05) is 6.07 Å². The molecule has 0 aliphatic heterocycles. The average molecular weight is 300 g/mol. The molecule has 0 saturated heterocycles. The highest BCUT2D eigenvalue weighted by atomic mass is 19.4. The maximum Gasteiger partial charge on any atom is 0.416 e. The molecule has 0 saturated carbocycles. The van der Waals surface area contributed by atoms with Gasteiger partial charge in [-0.2, -0.15) is 26.3 Å². The summed E-state index contributed by atoms with van der Waals surface area (Å²) in [6, 6.07) is 1.66. The van der Waals surface area contributed by atoms with Gasteiger partial charge in [-0.3, -0.25) is 4.79 Å². The van der Waals surface area contributed by atoms with Gasteiger partial charge in [0.15, 0.2) is 0 Å². The van der Waals surface area contributed by atoms with E-state index >= 15 is 0 Å². The van der Waals surface area contributed by atoms with Gasteiger partial charge in [-0.05, 0) is 24.6 Å². The van der Waals surface area contributed by atoms with E-state index in [2.05, 4.69) is 4.74 Å². The molecule has 1 rings (SSSR count). The Kier molecular flexibility index (Phi) is 4.67. The number of alkyl halides is 6. The molecular weight excluding hydrogens is 290 g/mol. The Morgan fingerprint density at radius 1 is 1.05 bits per heavy atom. The Morgan fingerprint density at radius 2 is 1.50 bits per heavy atom. The van der Waals surface area contributed by atoms with Crippen LogP contribution in [0, 0.1) is 0 Å². The van der Waals surface area contributed by atoms with Crippen molar-refractivity contribution < 1.29 is 35.9 Å². The minimum absolute atomic E-state index is 0.131. The molecule has 0 atom stereocenters. The molecule has 112 valence electrons. The third-order valence-electron chi connectivity index (χ3n) is 2.41. The summed E-state index contributed by atoms with van der Waals surface area (Å²) in [6.07, 6.45) is -11.1. The summed E-state index contributed by atoms with van der Waals surface area (Å²) in [7, 11) is 0. The number of carbonyl (C=O) groups excluding carboxylic acids is 1. The maximum absolute atomic E-state index is 12.7. The number of benzene rings is 1. The molecule has 0 bridgehead atoms. The number of carbonyl (C=O) groups is 1. The summed E-state index contributed by atoms with van der Waals surface area (Å²) in [5, 5.41) is 0. The first-order valence-corrected chi connectivity index (χ1v) is 5.49.